The number of hydrogen-bond acceptors (Lipinski definition) is 14. The summed E-state index contributed by atoms with van der Waals surface area (Å²) >= 11 is 1.53. The number of H-pyrrole nitrogens is 1. The predicted octanol–water partition coefficient (Wildman–Crippen LogP) is 6.99. The molecule has 3 aromatic carbocycles. The van der Waals surface area contributed by atoms with Gasteiger partial charge in [0.05, 0.1) is 75.0 Å². The average molecular weight is 1010 g/mol. The number of likely N-dealkylation sites (tertiary alicyclic amines) is 1. The molecule has 17 nitrogen and oxygen atoms in total. The van der Waals surface area contributed by atoms with Gasteiger partial charge in [-0.1, -0.05) is 56.3 Å². The van der Waals surface area contributed by atoms with Crippen molar-refractivity contribution in [2.75, 3.05) is 72.6 Å². The maximum Gasteiger partial charge on any atom is 0.255 e. The number of aromatic nitrogens is 4. The van der Waals surface area contributed by atoms with E-state index in [1.807, 2.05) is 87.8 Å². The highest BCUT2D eigenvalue weighted by molar-refractivity contribution is 7.13. The smallest absolute Gasteiger partial charge is 0.255 e. The first-order valence-corrected chi connectivity index (χ1v) is 25.6. The molecule has 0 spiro atoms. The van der Waals surface area contributed by atoms with Crippen LogP contribution < -0.4 is 14.8 Å². The Bertz CT molecular complexity index is 3000. The molecule has 2 aliphatic heterocycles. The monoisotopic (exact) mass is 1010 g/mol. The number of hydrogen-bond donors (Lipinski definition) is 3. The minimum Gasteiger partial charge on any atom is -0.491 e. The number of benzene rings is 3. The van der Waals surface area contributed by atoms with Gasteiger partial charge in [-0.3, -0.25) is 19.4 Å². The number of aromatic amines is 1. The zero-order valence-electron chi connectivity index (χ0n) is 41.3. The van der Waals surface area contributed by atoms with E-state index >= 15 is 0 Å². The summed E-state index contributed by atoms with van der Waals surface area (Å²) in [5, 5.41) is 16.0. The number of nitrogens with zero attached hydrogens (tertiary/aromatic N) is 5. The van der Waals surface area contributed by atoms with Gasteiger partial charge in [-0.15, -0.1) is 11.3 Å². The zero-order valence-corrected chi connectivity index (χ0v) is 42.1. The first-order chi connectivity index (χ1) is 35.6. The van der Waals surface area contributed by atoms with Crippen LogP contribution in [-0.4, -0.2) is 143 Å². The van der Waals surface area contributed by atoms with Crippen molar-refractivity contribution >= 4 is 50.9 Å². The Kier molecular flexibility index (Phi) is 17.0. The molecule has 0 saturated carbocycles. The van der Waals surface area contributed by atoms with Gasteiger partial charge in [-0.25, -0.2) is 9.97 Å². The van der Waals surface area contributed by atoms with E-state index in [4.69, 9.17) is 28.4 Å². The second-order valence-electron chi connectivity index (χ2n) is 18.3. The summed E-state index contributed by atoms with van der Waals surface area (Å²) in [5.74, 6) is -0.0860. The molecule has 9 rings (SSSR count). The van der Waals surface area contributed by atoms with E-state index in [0.717, 1.165) is 60.2 Å². The molecule has 1 saturated heterocycles. The summed E-state index contributed by atoms with van der Waals surface area (Å²) in [5.41, 5.74) is 9.96. The third kappa shape index (κ3) is 12.4. The van der Waals surface area contributed by atoms with E-state index in [-0.39, 0.29) is 43.8 Å². The van der Waals surface area contributed by atoms with E-state index in [0.29, 0.717) is 83.2 Å². The number of amides is 3. The standard InChI is InChI=1S/C55H61N7O10S/c1-35(2)51(62-32-41-6-4-5-7-43(41)54(62)65)55(66)61-33-42(63)28-48(61)53(64)58-30-40-9-8-38(52-36(3)59-34-73-52)27-49(40)71-24-22-69-20-18-67-16-17-68-19-21-70-23-25-72-50-13-11-39(29-57-50)37-10-12-44-45-31-56-15-14-46(45)60-47(44)26-37/h4-15,26-27,29,31,34-35,42,48,51,60,63H,16-25,28,30,32-33H2,1-3H3,(H,58,64)/t42-,48?,51+/m1/s1. The lowest BCUT2D eigenvalue weighted by Crippen LogP contribution is -2.55. The van der Waals surface area contributed by atoms with Gasteiger partial charge in [-0.2, -0.15) is 0 Å². The number of ether oxygens (including phenoxy) is 6. The van der Waals surface area contributed by atoms with Crippen molar-refractivity contribution in [1.82, 2.24) is 35.1 Å². The molecule has 3 amide bonds. The van der Waals surface area contributed by atoms with Gasteiger partial charge in [0, 0.05) is 89.2 Å². The normalized spacial score (nSPS) is 15.9. The summed E-state index contributed by atoms with van der Waals surface area (Å²) < 4.78 is 34.8. The first-order valence-electron chi connectivity index (χ1n) is 24.7. The molecular weight excluding hydrogens is 951 g/mol. The highest BCUT2D eigenvalue weighted by Gasteiger charge is 2.46. The third-order valence-corrected chi connectivity index (χ3v) is 14.0. The van der Waals surface area contributed by atoms with Crippen molar-refractivity contribution in [3.8, 4) is 33.2 Å². The Morgan fingerprint density at radius 2 is 1.51 bits per heavy atom. The van der Waals surface area contributed by atoms with Gasteiger partial charge in [0.25, 0.3) is 5.91 Å². The van der Waals surface area contributed by atoms with Crippen LogP contribution in [0.4, 0.5) is 0 Å². The van der Waals surface area contributed by atoms with Crippen molar-refractivity contribution in [1.29, 1.82) is 0 Å². The van der Waals surface area contributed by atoms with E-state index in [1.165, 1.54) is 16.2 Å². The van der Waals surface area contributed by atoms with Gasteiger partial charge in [-0.05, 0) is 59.9 Å². The zero-order chi connectivity index (χ0) is 50.7. The first kappa shape index (κ1) is 51.1. The number of fused-ring (bicyclic) bond motifs is 4. The number of β-amino-alcohol motifs (C(OH)–C–C–N with tert-alkyl or cyclic N) is 1. The number of aryl methyl sites for hydroxylation is 1. The van der Waals surface area contributed by atoms with Crippen LogP contribution in [0.15, 0.2) is 103 Å². The summed E-state index contributed by atoms with van der Waals surface area (Å²) in [7, 11) is 0. The van der Waals surface area contributed by atoms with Gasteiger partial charge in [0.1, 0.15) is 31.0 Å². The molecule has 18 heteroatoms. The number of pyridine rings is 2. The van der Waals surface area contributed by atoms with Gasteiger partial charge in [0.2, 0.25) is 17.7 Å². The molecule has 1 unspecified atom stereocenters. The molecule has 6 heterocycles. The Morgan fingerprint density at radius 1 is 0.795 bits per heavy atom. The lowest BCUT2D eigenvalue weighted by atomic mass is 10.0. The van der Waals surface area contributed by atoms with Crippen molar-refractivity contribution in [2.45, 2.75) is 58.5 Å². The number of nitrogens with one attached hydrogen (secondary N) is 2. The number of carbonyl (C=O) groups is 3. The number of thiazole rings is 1. The predicted molar refractivity (Wildman–Crippen MR) is 276 cm³/mol. The maximum atomic E-state index is 14.2. The maximum absolute atomic E-state index is 14.2. The summed E-state index contributed by atoms with van der Waals surface area (Å²) in [6.45, 7) is 9.91. The Balaban J connectivity index is 0.654. The minimum absolute atomic E-state index is 0.000280. The average Bonchev–Trinajstić information content (AvgIpc) is 4.19. The molecule has 382 valence electrons. The third-order valence-electron chi connectivity index (χ3n) is 13.0. The largest absolute Gasteiger partial charge is 0.491 e. The molecule has 4 aromatic heterocycles. The molecule has 0 bridgehead atoms. The highest BCUT2D eigenvalue weighted by Crippen LogP contribution is 2.34. The summed E-state index contributed by atoms with van der Waals surface area (Å²) in [6.07, 6.45) is 4.68. The van der Waals surface area contributed by atoms with Crippen LogP contribution in [0.25, 0.3) is 43.4 Å². The van der Waals surface area contributed by atoms with Crippen molar-refractivity contribution in [3.63, 3.8) is 0 Å². The quantitative estimate of drug-likeness (QED) is 0.0496. The van der Waals surface area contributed by atoms with Crippen LogP contribution in [0.2, 0.25) is 0 Å². The van der Waals surface area contributed by atoms with Gasteiger partial charge >= 0.3 is 0 Å². The van der Waals surface area contributed by atoms with Crippen LogP contribution in [0.5, 0.6) is 11.6 Å². The van der Waals surface area contributed by atoms with Crippen LogP contribution in [0.3, 0.4) is 0 Å². The molecular formula is C55H61N7O10S. The van der Waals surface area contributed by atoms with E-state index < -0.39 is 24.1 Å². The van der Waals surface area contributed by atoms with E-state index in [1.54, 1.807) is 22.7 Å². The van der Waals surface area contributed by atoms with Crippen molar-refractivity contribution in [2.24, 2.45) is 5.92 Å². The topological polar surface area (TPSA) is 200 Å². The Morgan fingerprint density at radius 3 is 2.21 bits per heavy atom. The fraction of sp³-hybridized carbons (Fsp3) is 0.382. The van der Waals surface area contributed by atoms with Crippen LogP contribution >= 0.6 is 11.3 Å². The molecule has 3 atom stereocenters. The summed E-state index contributed by atoms with van der Waals surface area (Å²) in [4.78, 5) is 62.2. The molecule has 3 N–H and O–H groups in total. The number of aliphatic hydroxyl groups excluding tert-OH is 1. The second kappa shape index (κ2) is 24.3. The second-order valence-corrected chi connectivity index (χ2v) is 19.2. The molecule has 2 aliphatic rings. The fourth-order valence-electron chi connectivity index (χ4n) is 9.35. The Hall–Kier alpha value is -6.80. The molecule has 73 heavy (non-hydrogen) atoms. The van der Waals surface area contributed by atoms with Crippen LogP contribution in [-0.2, 0) is 41.6 Å². The van der Waals surface area contributed by atoms with Crippen molar-refractivity contribution in [3.05, 3.63) is 125 Å². The molecule has 7 aromatic rings. The Labute approximate surface area is 427 Å². The number of rotatable bonds is 25. The lowest BCUT2D eigenvalue weighted by Gasteiger charge is -2.35. The lowest BCUT2D eigenvalue weighted by molar-refractivity contribution is -0.143. The fourth-order valence-corrected chi connectivity index (χ4v) is 10.2. The molecule has 1 fully saturated rings. The van der Waals surface area contributed by atoms with Gasteiger partial charge in [0.15, 0.2) is 0 Å². The van der Waals surface area contributed by atoms with E-state index in [2.05, 4.69) is 43.5 Å². The molecule has 0 radical (unpaired) electrons. The van der Waals surface area contributed by atoms with Crippen molar-refractivity contribution < 1.29 is 47.9 Å². The summed E-state index contributed by atoms with van der Waals surface area (Å²) in [6, 6.07) is 23.6. The van der Waals surface area contributed by atoms with E-state index in [9.17, 15) is 19.5 Å². The van der Waals surface area contributed by atoms with Crippen LogP contribution in [0.1, 0.15) is 47.4 Å². The SMILES string of the molecule is Cc1ncsc1-c1ccc(CNC(=O)C2C[C@@H](O)CN2C(=O)[C@H](C(C)C)N2Cc3ccccc3C2=O)c(OCCOCCOCCOCCOCCOc2ccc(-c3ccc4c(c3)[nH]c3ccncc34)cn2)c1. The van der Waals surface area contributed by atoms with Gasteiger partial charge < -0.3 is 53.6 Å². The highest BCUT2D eigenvalue weighted by atomic mass is 32.1. The number of aliphatic hydroxyl groups is 1. The number of carbonyl (C=O) groups excluding carboxylic acids is 3. The molecule has 0 aliphatic carbocycles. The minimum atomic E-state index is -0.909. The van der Waals surface area contributed by atoms with Crippen LogP contribution in [0, 0.1) is 12.8 Å².